The fourth-order valence-electron chi connectivity index (χ4n) is 10.4. The molecule has 0 aliphatic heterocycles. The average molecular weight is 1250 g/mol. The number of nitrogens with zero attached hydrogens (tertiary/aromatic N) is 6. The van der Waals surface area contributed by atoms with E-state index in [0.29, 0.717) is 21.9 Å². The molecule has 3 heterocycles. The van der Waals surface area contributed by atoms with E-state index in [1.807, 2.05) is 0 Å². The summed E-state index contributed by atoms with van der Waals surface area (Å²) in [4.78, 5) is 52.5. The first-order chi connectivity index (χ1) is 38.1. The molecule has 3 aromatic heterocycles. The fraction of sp³-hybridized carbons (Fsp3) is 0.404. The minimum absolute atomic E-state index is 0.0832. The van der Waals surface area contributed by atoms with Crippen LogP contribution >= 0.6 is 19.4 Å². The van der Waals surface area contributed by atoms with Gasteiger partial charge in [0.05, 0.1) is 45.8 Å². The van der Waals surface area contributed by atoms with Gasteiger partial charge in [-0.2, -0.15) is 45.3 Å². The summed E-state index contributed by atoms with van der Waals surface area (Å²) < 4.78 is 216. The van der Waals surface area contributed by atoms with Crippen molar-refractivity contribution < 1.29 is 89.5 Å². The van der Waals surface area contributed by atoms with Gasteiger partial charge in [0, 0.05) is 57.7 Å². The molecule has 0 saturated heterocycles. The second-order valence-electron chi connectivity index (χ2n) is 21.4. The second kappa shape index (κ2) is 21.9. The van der Waals surface area contributed by atoms with Crippen molar-refractivity contribution in [1.82, 2.24) is 34.2 Å². The summed E-state index contributed by atoms with van der Waals surface area (Å²) in [5.41, 5.74) is -6.89. The number of amides is 2. The molecule has 2 amide bonds. The van der Waals surface area contributed by atoms with Crippen molar-refractivity contribution in [1.29, 1.82) is 0 Å². The van der Waals surface area contributed by atoms with E-state index in [9.17, 15) is 76.2 Å². The number of fused-ring (bicyclic) bond motifs is 4. The molecule has 2 aliphatic carbocycles. The maximum Gasteiger partial charge on any atom is 0.524 e. The number of halogens is 11. The van der Waals surface area contributed by atoms with Crippen LogP contribution in [-0.2, 0) is 78.8 Å². The van der Waals surface area contributed by atoms with Crippen LogP contribution in [0, 0.1) is 43.2 Å². The molecule has 2 aliphatic rings. The Kier molecular flexibility index (Phi) is 16.5. The number of sulfone groups is 1. The molecular weight excluding hydrogens is 1200 g/mol. The monoisotopic (exact) mass is 1250 g/mol. The van der Waals surface area contributed by atoms with Crippen LogP contribution in [0.5, 0.6) is 5.75 Å². The van der Waals surface area contributed by atoms with Gasteiger partial charge in [0.25, 0.3) is 5.92 Å². The number of hydrogen-bond acceptors (Lipinski definition) is 11. The summed E-state index contributed by atoms with van der Waals surface area (Å²) in [6.45, 7) is 4.09. The number of nitrogens with one attached hydrogen (secondary N) is 1. The normalized spacial score (nSPS) is 16.9. The molecule has 1 fully saturated rings. The first-order valence-electron chi connectivity index (χ1n) is 24.6. The largest absolute Gasteiger partial charge is 0.755 e. The molecule has 83 heavy (non-hydrogen) atoms. The van der Waals surface area contributed by atoms with E-state index >= 15 is 8.78 Å². The number of carbonyl (C=O) groups excluding carboxylic acids is 2. The van der Waals surface area contributed by atoms with E-state index in [4.69, 9.17) is 16.1 Å². The number of phosphoric acid groups is 1. The highest BCUT2D eigenvalue weighted by Gasteiger charge is 2.68. The molecule has 0 bridgehead atoms. The van der Waals surface area contributed by atoms with Crippen LogP contribution in [0.4, 0.5) is 43.9 Å². The SMILES string of the molecule is Cc1cc(C)c(C(C)(C)CC(=O)N(Cc2nn(CC(F)(F)F)c3c(-c4ccc(C#CC(C)(C)S(C)(=O)=O)nc4C(Cc4cc(F)cc(F)c4)NC(=O)Cn4nc(C(F)(F)F)c5c4C(F)(F)[C@@H]4C[C@H]54)ccc(Cl)c23)S(=O)[O-])c(OP(=O)(O)O)c1. The molecule has 0 spiro atoms. The number of alkyl halides is 8. The van der Waals surface area contributed by atoms with Crippen LogP contribution in [0.15, 0.2) is 54.6 Å². The Morgan fingerprint density at radius 1 is 0.988 bits per heavy atom. The third-order valence-corrected chi connectivity index (χ3v) is 17.5. The standard InChI is InChI=1S/C52H49ClF10N7O10PS2/c1-25-14-26(2)43(38(15-25)80-81(73,74)75)48(3,4)21-40(72)70(82(76)77)22-37-42-35(53)11-10-32(45(42)69(66-37)24-50(56,57)58)31-9-8-30(12-13-49(5,6)83(7,78)79)64-44(31)36(18-27-16-28(54)19-29(55)17-27)65-39(71)23-68-47-41(46(67-68)52(61,62)63)33-20-34(33)51(47,59)60/h8-11,14-17,19,33-34,36H,18,20-24H2,1-7H3,(H,65,71)(H,76,77)(H2,73,74,75)/p-1/t33-,34+,36?/m0/s1. The fourth-order valence-corrected chi connectivity index (χ4v) is 11.7. The highest BCUT2D eigenvalue weighted by atomic mass is 35.5. The van der Waals surface area contributed by atoms with Crippen LogP contribution < -0.4 is 9.84 Å². The Bertz CT molecular complexity index is 3890. The molecule has 446 valence electrons. The third kappa shape index (κ3) is 13.3. The van der Waals surface area contributed by atoms with Gasteiger partial charge in [-0.15, -0.1) is 0 Å². The Morgan fingerprint density at radius 2 is 1.63 bits per heavy atom. The zero-order chi connectivity index (χ0) is 61.6. The lowest BCUT2D eigenvalue weighted by Crippen LogP contribution is -2.37. The van der Waals surface area contributed by atoms with Crippen molar-refractivity contribution in [3.63, 3.8) is 0 Å². The quantitative estimate of drug-likeness (QED) is 0.0334. The summed E-state index contributed by atoms with van der Waals surface area (Å²) >= 11 is 3.23. The molecule has 6 aromatic rings. The van der Waals surface area contributed by atoms with Gasteiger partial charge in [-0.1, -0.05) is 43.5 Å². The van der Waals surface area contributed by atoms with E-state index in [1.165, 1.54) is 46.8 Å². The van der Waals surface area contributed by atoms with Gasteiger partial charge >= 0.3 is 20.2 Å². The van der Waals surface area contributed by atoms with E-state index in [-0.39, 0.29) is 54.1 Å². The van der Waals surface area contributed by atoms with Crippen molar-refractivity contribution in [2.45, 2.75) is 121 Å². The molecule has 8 rings (SSSR count). The van der Waals surface area contributed by atoms with Crippen molar-refractivity contribution in [3.05, 3.63) is 128 Å². The van der Waals surface area contributed by atoms with E-state index in [2.05, 4.69) is 32.3 Å². The topological polar surface area (TPSA) is 239 Å². The van der Waals surface area contributed by atoms with Crippen LogP contribution in [0.25, 0.3) is 22.0 Å². The predicted octanol–water partition coefficient (Wildman–Crippen LogP) is 9.87. The van der Waals surface area contributed by atoms with Crippen LogP contribution in [-0.4, -0.2) is 84.8 Å². The summed E-state index contributed by atoms with van der Waals surface area (Å²) in [5.74, 6) is -6.67. The summed E-state index contributed by atoms with van der Waals surface area (Å²) in [6.07, 6.45) is -11.2. The molecule has 3 N–H and O–H groups in total. The molecule has 2 unspecified atom stereocenters. The van der Waals surface area contributed by atoms with E-state index < -0.39 is 170 Å². The van der Waals surface area contributed by atoms with Gasteiger partial charge < -0.3 is 14.4 Å². The number of aromatic nitrogens is 5. The molecule has 4 atom stereocenters. The lowest BCUT2D eigenvalue weighted by molar-refractivity contribution is -0.143. The van der Waals surface area contributed by atoms with Gasteiger partial charge in [0.15, 0.2) is 15.5 Å². The number of carbonyl (C=O) groups is 2. The van der Waals surface area contributed by atoms with Gasteiger partial charge in [0.1, 0.15) is 46.6 Å². The van der Waals surface area contributed by atoms with Gasteiger partial charge in [-0.25, -0.2) is 26.7 Å². The third-order valence-electron chi connectivity index (χ3n) is 14.1. The van der Waals surface area contributed by atoms with Crippen molar-refractivity contribution in [2.24, 2.45) is 5.92 Å². The minimum atomic E-state index is -5.24. The number of pyridine rings is 1. The number of hydrogen-bond donors (Lipinski definition) is 3. The Balaban J connectivity index is 1.30. The molecule has 17 nitrogen and oxygen atoms in total. The molecule has 1 saturated carbocycles. The van der Waals surface area contributed by atoms with Crippen molar-refractivity contribution in [3.8, 4) is 28.7 Å². The summed E-state index contributed by atoms with van der Waals surface area (Å²) in [5, 5.41) is 9.16. The highest BCUT2D eigenvalue weighted by molar-refractivity contribution is 7.92. The summed E-state index contributed by atoms with van der Waals surface area (Å²) in [6, 6.07) is 7.75. The van der Waals surface area contributed by atoms with Crippen molar-refractivity contribution >= 4 is 63.2 Å². The smallest absolute Gasteiger partial charge is 0.524 e. The molecule has 3 aromatic carbocycles. The van der Waals surface area contributed by atoms with Gasteiger partial charge in [-0.3, -0.25) is 37.3 Å². The predicted molar refractivity (Wildman–Crippen MR) is 278 cm³/mol. The second-order valence-corrected chi connectivity index (χ2v) is 26.4. The average Bonchev–Trinajstić information content (AvgIpc) is 1.54. The maximum absolute atomic E-state index is 15.7. The zero-order valence-corrected chi connectivity index (χ0v) is 47.7. The molecule has 0 radical (unpaired) electrons. The molecule has 31 heteroatoms. The Morgan fingerprint density at radius 3 is 2.22 bits per heavy atom. The number of aryl methyl sites for hydroxylation is 2. The zero-order valence-electron chi connectivity index (χ0n) is 44.4. The lowest BCUT2D eigenvalue weighted by atomic mass is 9.78. The number of benzene rings is 3. The number of phosphoric ester groups is 1. The van der Waals surface area contributed by atoms with Crippen molar-refractivity contribution in [2.75, 3.05) is 6.26 Å². The van der Waals surface area contributed by atoms with Crippen LogP contribution in [0.2, 0.25) is 5.02 Å². The minimum Gasteiger partial charge on any atom is -0.755 e. The lowest BCUT2D eigenvalue weighted by Gasteiger charge is -2.32. The van der Waals surface area contributed by atoms with Crippen LogP contribution in [0.1, 0.15) is 109 Å². The Hall–Kier alpha value is -6.41. The maximum atomic E-state index is 15.7. The van der Waals surface area contributed by atoms with E-state index in [1.54, 1.807) is 13.0 Å². The van der Waals surface area contributed by atoms with Gasteiger partial charge in [-0.05, 0) is 105 Å². The molecular formula is C52H48ClF10N7O10PS2-. The first kappa shape index (κ1) is 62.6. The van der Waals surface area contributed by atoms with Crippen LogP contribution in [0.3, 0.4) is 0 Å². The van der Waals surface area contributed by atoms with E-state index in [0.717, 1.165) is 36.6 Å². The first-order valence-corrected chi connectivity index (χ1v) is 29.5. The Labute approximate surface area is 474 Å². The van der Waals surface area contributed by atoms with Gasteiger partial charge in [0.2, 0.25) is 11.8 Å². The summed E-state index contributed by atoms with van der Waals surface area (Å²) in [7, 11) is -9.15. The number of rotatable bonds is 17. The highest BCUT2D eigenvalue weighted by Crippen LogP contribution is 2.68.